The molecule has 0 radical (unpaired) electrons. The summed E-state index contributed by atoms with van der Waals surface area (Å²) in [5.41, 5.74) is 2.73. The molecule has 0 unspecified atom stereocenters. The Morgan fingerprint density at radius 3 is 2.18 bits per heavy atom. The molecule has 0 bridgehead atoms. The second kappa shape index (κ2) is 11.4. The smallest absolute Gasteiger partial charge is 0.410 e. The first-order valence-corrected chi connectivity index (χ1v) is 13.3. The summed E-state index contributed by atoms with van der Waals surface area (Å²) in [5, 5.41) is 10.7. The van der Waals surface area contributed by atoms with Crippen molar-refractivity contribution in [2.45, 2.75) is 77.1 Å². The van der Waals surface area contributed by atoms with Gasteiger partial charge >= 0.3 is 6.09 Å². The monoisotopic (exact) mass is 518 g/mol. The Kier molecular flexibility index (Phi) is 8.19. The van der Waals surface area contributed by atoms with E-state index in [9.17, 15) is 14.4 Å². The van der Waals surface area contributed by atoms with Crippen molar-refractivity contribution in [3.05, 3.63) is 71.3 Å². The Balaban J connectivity index is 1.44. The summed E-state index contributed by atoms with van der Waals surface area (Å²) in [4.78, 5) is 43.1. The van der Waals surface area contributed by atoms with E-state index in [-0.39, 0.29) is 17.7 Å². The molecule has 2 aromatic carbocycles. The number of carbonyl (C=O) groups is 3. The molecule has 38 heavy (non-hydrogen) atoms. The molecule has 2 heterocycles. The van der Waals surface area contributed by atoms with Crippen LogP contribution in [0.5, 0.6) is 0 Å². The third-order valence-electron chi connectivity index (χ3n) is 7.25. The molecule has 0 aromatic heterocycles. The number of piperidine rings is 1. The van der Waals surface area contributed by atoms with Crippen LogP contribution in [0.4, 0.5) is 4.79 Å². The van der Waals surface area contributed by atoms with E-state index < -0.39 is 23.8 Å². The number of ether oxygens (including phenoxy) is 1. The summed E-state index contributed by atoms with van der Waals surface area (Å²) in [7, 11) is 0. The number of nitrogens with zero attached hydrogens (tertiary/aromatic N) is 2. The van der Waals surface area contributed by atoms with E-state index in [1.165, 1.54) is 0 Å². The second-order valence-corrected chi connectivity index (χ2v) is 11.2. The van der Waals surface area contributed by atoms with Crippen LogP contribution >= 0.6 is 0 Å². The first-order chi connectivity index (χ1) is 18.0. The quantitative estimate of drug-likeness (QED) is 0.551. The summed E-state index contributed by atoms with van der Waals surface area (Å²) >= 11 is 0. The number of hydrogen-bond acceptors (Lipinski definition) is 5. The maximum Gasteiger partial charge on any atom is 0.410 e. The predicted molar refractivity (Wildman–Crippen MR) is 146 cm³/mol. The van der Waals surface area contributed by atoms with E-state index in [0.29, 0.717) is 38.2 Å². The molecule has 3 atom stereocenters. The molecular formula is C30H38N4O4. The number of benzene rings is 2. The standard InChI is InChI=1S/C30H38N4O4/c1-20(31)22-12-10-21(11-13-22)19-32-27(35)25-15-17-33(25)28(36)26-18-24(23-8-6-5-7-9-23)14-16-34(26)29(37)38-30(2,3)4/h5-13,24-26,31H,14-19H2,1-4H3,(H,32,35)/t24-,25-,26+/m0/s1. The van der Waals surface area contributed by atoms with Gasteiger partial charge in [0, 0.05) is 25.3 Å². The zero-order valence-corrected chi connectivity index (χ0v) is 22.7. The molecule has 2 N–H and O–H groups in total. The van der Waals surface area contributed by atoms with Gasteiger partial charge in [-0.15, -0.1) is 0 Å². The number of amides is 3. The maximum atomic E-state index is 13.8. The molecule has 4 rings (SSSR count). The third kappa shape index (κ3) is 6.41. The van der Waals surface area contributed by atoms with Gasteiger partial charge in [-0.25, -0.2) is 4.79 Å². The van der Waals surface area contributed by atoms with Gasteiger partial charge < -0.3 is 20.4 Å². The van der Waals surface area contributed by atoms with Crippen LogP contribution in [0.3, 0.4) is 0 Å². The molecular weight excluding hydrogens is 480 g/mol. The average Bonchev–Trinajstić information content (AvgIpc) is 2.86. The van der Waals surface area contributed by atoms with Crippen LogP contribution in [0.2, 0.25) is 0 Å². The fourth-order valence-electron chi connectivity index (χ4n) is 5.06. The molecule has 2 fully saturated rings. The van der Waals surface area contributed by atoms with Crippen LogP contribution in [0.15, 0.2) is 54.6 Å². The van der Waals surface area contributed by atoms with Crippen molar-refractivity contribution >= 4 is 23.6 Å². The van der Waals surface area contributed by atoms with Crippen molar-refractivity contribution in [3.63, 3.8) is 0 Å². The highest BCUT2D eigenvalue weighted by atomic mass is 16.6. The summed E-state index contributed by atoms with van der Waals surface area (Å²) < 4.78 is 5.64. The van der Waals surface area contributed by atoms with Gasteiger partial charge in [-0.05, 0) is 69.6 Å². The molecule has 0 spiro atoms. The second-order valence-electron chi connectivity index (χ2n) is 11.2. The summed E-state index contributed by atoms with van der Waals surface area (Å²) in [6, 6.07) is 16.3. The summed E-state index contributed by atoms with van der Waals surface area (Å²) in [6.45, 7) is 8.42. The van der Waals surface area contributed by atoms with Crippen molar-refractivity contribution < 1.29 is 19.1 Å². The zero-order chi connectivity index (χ0) is 27.4. The van der Waals surface area contributed by atoms with Gasteiger partial charge in [0.15, 0.2) is 0 Å². The van der Waals surface area contributed by atoms with E-state index in [2.05, 4.69) is 17.4 Å². The number of rotatable bonds is 6. The van der Waals surface area contributed by atoms with Gasteiger partial charge in [-0.2, -0.15) is 0 Å². The largest absolute Gasteiger partial charge is 0.444 e. The topological polar surface area (TPSA) is 103 Å². The Hall–Kier alpha value is -3.68. The van der Waals surface area contributed by atoms with Crippen LogP contribution in [-0.4, -0.2) is 64.2 Å². The van der Waals surface area contributed by atoms with Crippen molar-refractivity contribution in [3.8, 4) is 0 Å². The van der Waals surface area contributed by atoms with Gasteiger partial charge in [-0.3, -0.25) is 14.5 Å². The van der Waals surface area contributed by atoms with E-state index in [1.54, 1.807) is 16.7 Å². The van der Waals surface area contributed by atoms with Crippen LogP contribution in [0.1, 0.15) is 69.6 Å². The molecule has 2 aliphatic rings. The lowest BCUT2D eigenvalue weighted by Crippen LogP contribution is -2.64. The SMILES string of the molecule is CC(=N)c1ccc(CNC(=O)[C@@H]2CCN2C(=O)[C@H]2C[C@@H](c3ccccc3)CCN2C(=O)OC(C)(C)C)cc1. The molecule has 3 amide bonds. The van der Waals surface area contributed by atoms with Gasteiger partial charge in [0.05, 0.1) is 0 Å². The highest BCUT2D eigenvalue weighted by Crippen LogP contribution is 2.34. The Morgan fingerprint density at radius 1 is 0.947 bits per heavy atom. The Morgan fingerprint density at radius 2 is 1.61 bits per heavy atom. The van der Waals surface area contributed by atoms with Crippen molar-refractivity contribution in [1.29, 1.82) is 5.41 Å². The maximum absolute atomic E-state index is 13.8. The first kappa shape index (κ1) is 27.4. The average molecular weight is 519 g/mol. The predicted octanol–water partition coefficient (Wildman–Crippen LogP) is 4.47. The number of carbonyl (C=O) groups excluding carboxylic acids is 3. The van der Waals surface area contributed by atoms with Crippen LogP contribution < -0.4 is 5.32 Å². The fraction of sp³-hybridized carbons (Fsp3) is 0.467. The Labute approximate surface area is 224 Å². The molecule has 0 aliphatic carbocycles. The van der Waals surface area contributed by atoms with Crippen LogP contribution in [-0.2, 0) is 20.9 Å². The lowest BCUT2D eigenvalue weighted by atomic mass is 9.84. The minimum Gasteiger partial charge on any atom is -0.444 e. The van der Waals surface area contributed by atoms with Crippen molar-refractivity contribution in [1.82, 2.24) is 15.1 Å². The van der Waals surface area contributed by atoms with E-state index in [4.69, 9.17) is 10.1 Å². The van der Waals surface area contributed by atoms with Crippen molar-refractivity contribution in [2.75, 3.05) is 13.1 Å². The van der Waals surface area contributed by atoms with Crippen LogP contribution in [0, 0.1) is 5.41 Å². The highest BCUT2D eigenvalue weighted by molar-refractivity contribution is 5.96. The fourth-order valence-corrected chi connectivity index (χ4v) is 5.06. The summed E-state index contributed by atoms with van der Waals surface area (Å²) in [6.07, 6.45) is 1.33. The van der Waals surface area contributed by atoms with E-state index >= 15 is 0 Å². The van der Waals surface area contributed by atoms with Gasteiger partial charge in [0.1, 0.15) is 17.7 Å². The van der Waals surface area contributed by atoms with Crippen LogP contribution in [0.25, 0.3) is 0 Å². The third-order valence-corrected chi connectivity index (χ3v) is 7.25. The lowest BCUT2D eigenvalue weighted by Gasteiger charge is -2.46. The molecule has 2 aliphatic heterocycles. The van der Waals surface area contributed by atoms with Crippen molar-refractivity contribution in [2.24, 2.45) is 0 Å². The molecule has 0 saturated carbocycles. The molecule has 8 nitrogen and oxygen atoms in total. The number of hydrogen-bond donors (Lipinski definition) is 2. The summed E-state index contributed by atoms with van der Waals surface area (Å²) in [5.74, 6) is -0.255. The number of nitrogens with one attached hydrogen (secondary N) is 2. The van der Waals surface area contributed by atoms with E-state index in [1.807, 2.05) is 63.2 Å². The highest BCUT2D eigenvalue weighted by Gasteiger charge is 2.45. The lowest BCUT2D eigenvalue weighted by molar-refractivity contribution is -0.152. The first-order valence-electron chi connectivity index (χ1n) is 13.3. The number of likely N-dealkylation sites (tertiary alicyclic amines) is 2. The molecule has 2 saturated heterocycles. The zero-order valence-electron chi connectivity index (χ0n) is 22.7. The normalized spacial score (nSPS) is 21.3. The minimum absolute atomic E-state index is 0.143. The minimum atomic E-state index is -0.684. The molecule has 202 valence electrons. The van der Waals surface area contributed by atoms with Gasteiger partial charge in [0.2, 0.25) is 11.8 Å². The van der Waals surface area contributed by atoms with Gasteiger partial charge in [0.25, 0.3) is 0 Å². The van der Waals surface area contributed by atoms with Gasteiger partial charge in [-0.1, -0.05) is 54.6 Å². The molecule has 8 heteroatoms. The molecule has 2 aromatic rings. The van der Waals surface area contributed by atoms with E-state index in [0.717, 1.165) is 23.1 Å². The Bertz CT molecular complexity index is 1170.